The number of hydrogen-bond acceptors (Lipinski definition) is 5. The fraction of sp³-hybridized carbons (Fsp3) is 0.632. The molecule has 1 amide bonds. The lowest BCUT2D eigenvalue weighted by Gasteiger charge is -2.35. The van der Waals surface area contributed by atoms with Crippen LogP contribution in [0.3, 0.4) is 0 Å². The number of halogens is 1. The van der Waals surface area contributed by atoms with E-state index in [1.165, 1.54) is 0 Å². The van der Waals surface area contributed by atoms with Crippen LogP contribution in [0.2, 0.25) is 0 Å². The Balaban J connectivity index is 0.00000338. The highest BCUT2D eigenvalue weighted by Gasteiger charge is 2.29. The summed E-state index contributed by atoms with van der Waals surface area (Å²) in [5.74, 6) is 0.729. The quantitative estimate of drug-likeness (QED) is 0.716. The van der Waals surface area contributed by atoms with E-state index in [0.717, 1.165) is 30.8 Å². The van der Waals surface area contributed by atoms with E-state index in [9.17, 15) is 4.79 Å². The van der Waals surface area contributed by atoms with E-state index in [2.05, 4.69) is 22.3 Å². The Kier molecular flexibility index (Phi) is 9.36. The molecule has 2 unspecified atom stereocenters. The first-order valence-corrected chi connectivity index (χ1v) is 9.01. The molecule has 2 rings (SSSR count). The molecule has 1 aromatic rings. The Morgan fingerprint density at radius 3 is 2.50 bits per heavy atom. The van der Waals surface area contributed by atoms with Crippen molar-refractivity contribution in [3.05, 3.63) is 29.8 Å². The second-order valence-electron chi connectivity index (χ2n) is 6.81. The smallest absolute Gasteiger partial charge is 0.239 e. The second-order valence-corrected chi connectivity index (χ2v) is 6.81. The van der Waals surface area contributed by atoms with Gasteiger partial charge in [0.15, 0.2) is 0 Å². The van der Waals surface area contributed by atoms with Crippen molar-refractivity contribution in [2.45, 2.75) is 38.3 Å². The van der Waals surface area contributed by atoms with E-state index in [1.54, 1.807) is 14.0 Å². The topological polar surface area (TPSA) is 76.8 Å². The maximum atomic E-state index is 12.5. The molecular formula is C19H32ClN3O3. The van der Waals surface area contributed by atoms with E-state index >= 15 is 0 Å². The number of nitrogens with one attached hydrogen (secondary N) is 1. The predicted molar refractivity (Wildman–Crippen MR) is 106 cm³/mol. The molecule has 148 valence electrons. The molecule has 1 aliphatic rings. The van der Waals surface area contributed by atoms with Crippen LogP contribution < -0.4 is 15.8 Å². The van der Waals surface area contributed by atoms with Crippen molar-refractivity contribution in [1.82, 2.24) is 10.2 Å². The molecule has 0 spiro atoms. The molecule has 7 heteroatoms. The number of carbonyl (C=O) groups is 1. The Morgan fingerprint density at radius 2 is 1.96 bits per heavy atom. The summed E-state index contributed by atoms with van der Waals surface area (Å²) >= 11 is 0. The van der Waals surface area contributed by atoms with Crippen molar-refractivity contribution < 1.29 is 14.3 Å². The van der Waals surface area contributed by atoms with Crippen LogP contribution in [0.5, 0.6) is 5.75 Å². The molecular weight excluding hydrogens is 354 g/mol. The van der Waals surface area contributed by atoms with Crippen LogP contribution in [0.1, 0.15) is 38.3 Å². The Morgan fingerprint density at radius 1 is 1.35 bits per heavy atom. The number of rotatable bonds is 8. The van der Waals surface area contributed by atoms with E-state index in [-0.39, 0.29) is 24.4 Å². The minimum absolute atomic E-state index is 0. The monoisotopic (exact) mass is 385 g/mol. The molecule has 0 radical (unpaired) electrons. The molecule has 1 aromatic carbocycles. The largest absolute Gasteiger partial charge is 0.497 e. The van der Waals surface area contributed by atoms with Gasteiger partial charge in [-0.2, -0.15) is 0 Å². The zero-order valence-electron chi connectivity index (χ0n) is 16.0. The van der Waals surface area contributed by atoms with Crippen molar-refractivity contribution in [2.24, 2.45) is 5.73 Å². The maximum absolute atomic E-state index is 12.5. The van der Waals surface area contributed by atoms with Gasteiger partial charge in [0.25, 0.3) is 0 Å². The third-order valence-corrected chi connectivity index (χ3v) is 4.73. The summed E-state index contributed by atoms with van der Waals surface area (Å²) in [6, 6.07) is 8.11. The van der Waals surface area contributed by atoms with Crippen LogP contribution in [0.4, 0.5) is 0 Å². The van der Waals surface area contributed by atoms with Gasteiger partial charge in [-0.05, 0) is 31.0 Å². The molecule has 0 saturated carbocycles. The van der Waals surface area contributed by atoms with Crippen LogP contribution in [0.15, 0.2) is 24.3 Å². The molecule has 1 saturated heterocycles. The third kappa shape index (κ3) is 6.13. The average molecular weight is 386 g/mol. The Labute approximate surface area is 162 Å². The number of amides is 1. The molecule has 1 aliphatic heterocycles. The van der Waals surface area contributed by atoms with Gasteiger partial charge in [0, 0.05) is 19.6 Å². The molecule has 6 nitrogen and oxygen atoms in total. The molecule has 26 heavy (non-hydrogen) atoms. The summed E-state index contributed by atoms with van der Waals surface area (Å²) in [4.78, 5) is 14.8. The van der Waals surface area contributed by atoms with Crippen molar-refractivity contribution in [3.8, 4) is 5.75 Å². The summed E-state index contributed by atoms with van der Waals surface area (Å²) in [5, 5.41) is 3.05. The van der Waals surface area contributed by atoms with Crippen LogP contribution in [-0.2, 0) is 9.53 Å². The highest BCUT2D eigenvalue weighted by molar-refractivity contribution is 5.85. The summed E-state index contributed by atoms with van der Waals surface area (Å²) in [5.41, 5.74) is 6.47. The van der Waals surface area contributed by atoms with Gasteiger partial charge < -0.3 is 20.5 Å². The van der Waals surface area contributed by atoms with Gasteiger partial charge in [0.2, 0.25) is 5.91 Å². The maximum Gasteiger partial charge on any atom is 0.239 e. The number of carbonyl (C=O) groups excluding carboxylic acids is 1. The van der Waals surface area contributed by atoms with Gasteiger partial charge in [0.05, 0.1) is 31.9 Å². The average Bonchev–Trinajstić information content (AvgIpc) is 2.63. The van der Waals surface area contributed by atoms with Gasteiger partial charge >= 0.3 is 0 Å². The van der Waals surface area contributed by atoms with E-state index in [4.69, 9.17) is 15.2 Å². The fourth-order valence-electron chi connectivity index (χ4n) is 3.20. The predicted octanol–water partition coefficient (Wildman–Crippen LogP) is 2.12. The number of hydrogen-bond donors (Lipinski definition) is 2. The second kappa shape index (κ2) is 10.7. The third-order valence-electron chi connectivity index (χ3n) is 4.73. The minimum atomic E-state index is -0.829. The molecule has 0 bridgehead atoms. The Hall–Kier alpha value is -1.34. The van der Waals surface area contributed by atoms with Gasteiger partial charge in [-0.1, -0.05) is 25.5 Å². The number of methoxy groups -OCH3 is 1. The molecule has 2 atom stereocenters. The van der Waals surface area contributed by atoms with Gasteiger partial charge in [-0.15, -0.1) is 12.4 Å². The Bertz CT molecular complexity index is 545. The van der Waals surface area contributed by atoms with Crippen LogP contribution in [-0.4, -0.2) is 56.3 Å². The highest BCUT2D eigenvalue weighted by Crippen LogP contribution is 2.24. The zero-order chi connectivity index (χ0) is 18.3. The summed E-state index contributed by atoms with van der Waals surface area (Å²) < 4.78 is 10.7. The molecule has 0 aliphatic carbocycles. The number of morpholine rings is 1. The summed E-state index contributed by atoms with van der Waals surface area (Å²) in [7, 11) is 1.66. The first-order chi connectivity index (χ1) is 12.0. The SMILES string of the molecule is CCCC(C)(N)C(=O)NCC(c1ccc(OC)cc1)N1CCOCC1.Cl. The molecule has 1 heterocycles. The molecule has 3 N–H and O–H groups in total. The van der Waals surface area contributed by atoms with Crippen LogP contribution in [0.25, 0.3) is 0 Å². The van der Waals surface area contributed by atoms with Gasteiger partial charge in [0.1, 0.15) is 5.75 Å². The first-order valence-electron chi connectivity index (χ1n) is 9.01. The van der Waals surface area contributed by atoms with E-state index < -0.39 is 5.54 Å². The zero-order valence-corrected chi connectivity index (χ0v) is 16.8. The summed E-state index contributed by atoms with van der Waals surface area (Å²) in [6.45, 7) is 7.48. The number of nitrogens with two attached hydrogens (primary N) is 1. The highest BCUT2D eigenvalue weighted by atomic mass is 35.5. The number of nitrogens with zero attached hydrogens (tertiary/aromatic N) is 1. The van der Waals surface area contributed by atoms with Crippen molar-refractivity contribution >= 4 is 18.3 Å². The van der Waals surface area contributed by atoms with Crippen molar-refractivity contribution in [1.29, 1.82) is 0 Å². The minimum Gasteiger partial charge on any atom is -0.497 e. The first kappa shape index (κ1) is 22.7. The lowest BCUT2D eigenvalue weighted by atomic mass is 9.96. The standard InChI is InChI=1S/C19H31N3O3.ClH/c1-4-9-19(2,20)18(23)21-14-17(22-10-12-25-13-11-22)15-5-7-16(24-3)8-6-15;/h5-8,17H,4,9-14,20H2,1-3H3,(H,21,23);1H. The number of ether oxygens (including phenoxy) is 2. The normalized spacial score (nSPS) is 18.3. The van der Waals surface area contributed by atoms with Crippen molar-refractivity contribution in [3.63, 3.8) is 0 Å². The fourth-order valence-corrected chi connectivity index (χ4v) is 3.20. The lowest BCUT2D eigenvalue weighted by molar-refractivity contribution is -0.126. The lowest BCUT2D eigenvalue weighted by Crippen LogP contribution is -2.53. The van der Waals surface area contributed by atoms with Gasteiger partial charge in [-0.3, -0.25) is 9.69 Å². The van der Waals surface area contributed by atoms with Crippen LogP contribution >= 0.6 is 12.4 Å². The number of benzene rings is 1. The van der Waals surface area contributed by atoms with Crippen molar-refractivity contribution in [2.75, 3.05) is 40.0 Å². The molecule has 1 fully saturated rings. The van der Waals surface area contributed by atoms with E-state index in [1.807, 2.05) is 19.1 Å². The summed E-state index contributed by atoms with van der Waals surface area (Å²) in [6.07, 6.45) is 1.55. The molecule has 0 aromatic heterocycles. The van der Waals surface area contributed by atoms with Gasteiger partial charge in [-0.25, -0.2) is 0 Å². The van der Waals surface area contributed by atoms with E-state index in [0.29, 0.717) is 26.2 Å². The van der Waals surface area contributed by atoms with Crippen LogP contribution in [0, 0.1) is 0 Å².